The number of phenols is 1. The van der Waals surface area contributed by atoms with Gasteiger partial charge in [-0.3, -0.25) is 0 Å². The highest BCUT2D eigenvalue weighted by Crippen LogP contribution is 2.32. The first kappa shape index (κ1) is 11.9. The van der Waals surface area contributed by atoms with Crippen molar-refractivity contribution >= 4 is 22.7 Å². The van der Waals surface area contributed by atoms with E-state index in [0.29, 0.717) is 10.5 Å². The van der Waals surface area contributed by atoms with Crippen molar-refractivity contribution in [2.45, 2.75) is 11.8 Å². The van der Waals surface area contributed by atoms with Gasteiger partial charge >= 0.3 is 5.63 Å². The maximum atomic E-state index is 13.5. The maximum absolute atomic E-state index is 13.5. The maximum Gasteiger partial charge on any atom is 0.350 e. The van der Waals surface area contributed by atoms with Crippen LogP contribution in [-0.2, 0) is 0 Å². The first-order valence-electron chi connectivity index (χ1n) is 4.65. The van der Waals surface area contributed by atoms with Crippen LogP contribution in [0.3, 0.4) is 0 Å². The second kappa shape index (κ2) is 4.03. The summed E-state index contributed by atoms with van der Waals surface area (Å²) in [6.07, 6.45) is 1.66. The van der Waals surface area contributed by atoms with Crippen LogP contribution in [0.5, 0.6) is 5.75 Å². The number of phenolic OH excluding ortho intramolecular Hbond substituents is 1. The molecule has 0 unspecified atom stereocenters. The average molecular weight is 258 g/mol. The Kier molecular flexibility index (Phi) is 2.82. The number of thioether (sulfide) groups is 1. The molecule has 17 heavy (non-hydrogen) atoms. The van der Waals surface area contributed by atoms with Crippen LogP contribution < -0.4 is 5.63 Å². The van der Waals surface area contributed by atoms with Gasteiger partial charge in [-0.2, -0.15) is 4.39 Å². The van der Waals surface area contributed by atoms with Crippen LogP contribution in [0.15, 0.2) is 20.2 Å². The largest absolute Gasteiger partial charge is 0.503 e. The van der Waals surface area contributed by atoms with Gasteiger partial charge in [-0.1, -0.05) is 0 Å². The lowest BCUT2D eigenvalue weighted by Crippen LogP contribution is -2.05. The van der Waals surface area contributed by atoms with E-state index in [-0.39, 0.29) is 5.39 Å². The van der Waals surface area contributed by atoms with Gasteiger partial charge in [0.2, 0.25) is 5.82 Å². The van der Waals surface area contributed by atoms with Crippen LogP contribution in [-0.4, -0.2) is 11.4 Å². The number of aromatic hydroxyl groups is 1. The molecule has 0 spiro atoms. The summed E-state index contributed by atoms with van der Waals surface area (Å²) in [5, 5.41) is 9.24. The summed E-state index contributed by atoms with van der Waals surface area (Å²) in [6.45, 7) is 1.57. The standard InChI is InChI=1S/C11H8F2O3S/c1-4-5-3-6(12)8(14)7(13)9(5)16-11(15)10(4)17-2/h3,14H,1-2H3. The molecule has 0 saturated heterocycles. The molecule has 0 fully saturated rings. The predicted molar refractivity (Wildman–Crippen MR) is 60.6 cm³/mol. The summed E-state index contributed by atoms with van der Waals surface area (Å²) in [7, 11) is 0. The minimum absolute atomic E-state index is 0.141. The Morgan fingerprint density at radius 1 is 1.41 bits per heavy atom. The molecule has 0 amide bonds. The van der Waals surface area contributed by atoms with Crippen LogP contribution in [0, 0.1) is 18.6 Å². The van der Waals surface area contributed by atoms with Gasteiger partial charge in [0.15, 0.2) is 17.1 Å². The van der Waals surface area contributed by atoms with Crippen LogP contribution in [0.1, 0.15) is 5.56 Å². The second-order valence-corrected chi connectivity index (χ2v) is 4.26. The Hall–Kier alpha value is -1.56. The van der Waals surface area contributed by atoms with Crippen LogP contribution >= 0.6 is 11.8 Å². The fraction of sp³-hybridized carbons (Fsp3) is 0.182. The molecule has 1 aromatic carbocycles. The summed E-state index contributed by atoms with van der Waals surface area (Å²) in [5.41, 5.74) is -0.696. The highest BCUT2D eigenvalue weighted by molar-refractivity contribution is 7.98. The van der Waals surface area contributed by atoms with Gasteiger partial charge in [0.05, 0.1) is 4.90 Å². The van der Waals surface area contributed by atoms with Crippen molar-refractivity contribution in [2.75, 3.05) is 6.26 Å². The van der Waals surface area contributed by atoms with Crippen molar-refractivity contribution in [1.82, 2.24) is 0 Å². The number of hydrogen-bond donors (Lipinski definition) is 1. The third kappa shape index (κ3) is 1.68. The van der Waals surface area contributed by atoms with Crippen LogP contribution in [0.4, 0.5) is 8.78 Å². The quantitative estimate of drug-likeness (QED) is 0.631. The fourth-order valence-corrected chi connectivity index (χ4v) is 2.24. The van der Waals surface area contributed by atoms with E-state index in [0.717, 1.165) is 17.8 Å². The third-order valence-corrected chi connectivity index (χ3v) is 3.36. The predicted octanol–water partition coefficient (Wildman–Crippen LogP) is 2.81. The monoisotopic (exact) mass is 258 g/mol. The molecule has 6 heteroatoms. The van der Waals surface area contributed by atoms with Gasteiger partial charge in [-0.15, -0.1) is 11.8 Å². The molecule has 3 nitrogen and oxygen atoms in total. The molecule has 0 bridgehead atoms. The first-order valence-corrected chi connectivity index (χ1v) is 5.88. The highest BCUT2D eigenvalue weighted by atomic mass is 32.2. The highest BCUT2D eigenvalue weighted by Gasteiger charge is 2.19. The molecule has 0 saturated carbocycles. The number of rotatable bonds is 1. The molecule has 0 aliphatic heterocycles. The van der Waals surface area contributed by atoms with E-state index < -0.39 is 28.6 Å². The van der Waals surface area contributed by atoms with Crippen molar-refractivity contribution < 1.29 is 18.3 Å². The molecule has 0 aliphatic carbocycles. The van der Waals surface area contributed by atoms with Crippen LogP contribution in [0.25, 0.3) is 11.0 Å². The topological polar surface area (TPSA) is 50.4 Å². The molecule has 2 aromatic rings. The minimum Gasteiger partial charge on any atom is -0.503 e. The molecule has 0 atom stereocenters. The number of aryl methyl sites for hydroxylation is 1. The first-order chi connectivity index (χ1) is 7.97. The van der Waals surface area contributed by atoms with Crippen molar-refractivity contribution in [2.24, 2.45) is 0 Å². The number of halogens is 2. The Morgan fingerprint density at radius 2 is 2.06 bits per heavy atom. The number of fused-ring (bicyclic) bond motifs is 1. The lowest BCUT2D eigenvalue weighted by Gasteiger charge is -2.07. The van der Waals surface area contributed by atoms with E-state index in [4.69, 9.17) is 9.52 Å². The van der Waals surface area contributed by atoms with Gasteiger partial charge in [0.1, 0.15) is 0 Å². The van der Waals surface area contributed by atoms with E-state index >= 15 is 0 Å². The van der Waals surface area contributed by atoms with E-state index in [9.17, 15) is 13.6 Å². The second-order valence-electron chi connectivity index (χ2n) is 3.45. The SMILES string of the molecule is CSc1c(C)c2cc(F)c(O)c(F)c2oc1=O. The Labute approximate surface area is 99.1 Å². The average Bonchev–Trinajstić information content (AvgIpc) is 2.29. The summed E-state index contributed by atoms with van der Waals surface area (Å²) in [5.74, 6) is -3.48. The van der Waals surface area contributed by atoms with Crippen LogP contribution in [0.2, 0.25) is 0 Å². The van der Waals surface area contributed by atoms with Crippen molar-refractivity contribution in [3.05, 3.63) is 33.7 Å². The molecule has 90 valence electrons. The molecule has 1 heterocycles. The molecule has 0 aliphatic rings. The molecular formula is C11H8F2O3S. The van der Waals surface area contributed by atoms with Crippen molar-refractivity contribution in [3.8, 4) is 5.75 Å². The Balaban J connectivity index is 3.03. The molecule has 1 aromatic heterocycles. The van der Waals surface area contributed by atoms with E-state index in [1.54, 1.807) is 13.2 Å². The van der Waals surface area contributed by atoms with E-state index in [1.807, 2.05) is 0 Å². The Morgan fingerprint density at radius 3 is 2.65 bits per heavy atom. The zero-order valence-corrected chi connectivity index (χ0v) is 9.82. The van der Waals surface area contributed by atoms with Gasteiger partial charge < -0.3 is 9.52 Å². The van der Waals surface area contributed by atoms with Gasteiger partial charge in [0.25, 0.3) is 0 Å². The summed E-state index contributed by atoms with van der Waals surface area (Å²) < 4.78 is 31.5. The zero-order valence-electron chi connectivity index (χ0n) is 9.01. The molecule has 2 rings (SSSR count). The zero-order chi connectivity index (χ0) is 12.7. The van der Waals surface area contributed by atoms with Gasteiger partial charge in [-0.05, 0) is 24.8 Å². The lowest BCUT2D eigenvalue weighted by molar-refractivity contribution is 0.391. The number of benzene rings is 1. The third-order valence-electron chi connectivity index (χ3n) is 2.48. The summed E-state index contributed by atoms with van der Waals surface area (Å²) in [4.78, 5) is 11.8. The van der Waals surface area contributed by atoms with Crippen molar-refractivity contribution in [1.29, 1.82) is 0 Å². The molecular weight excluding hydrogens is 250 g/mol. The van der Waals surface area contributed by atoms with Gasteiger partial charge in [-0.25, -0.2) is 9.18 Å². The summed E-state index contributed by atoms with van der Waals surface area (Å²) >= 11 is 1.14. The lowest BCUT2D eigenvalue weighted by atomic mass is 10.1. The number of hydrogen-bond acceptors (Lipinski definition) is 4. The van der Waals surface area contributed by atoms with Gasteiger partial charge in [0, 0.05) is 5.39 Å². The minimum atomic E-state index is -1.26. The van der Waals surface area contributed by atoms with Crippen molar-refractivity contribution in [3.63, 3.8) is 0 Å². The smallest absolute Gasteiger partial charge is 0.350 e. The summed E-state index contributed by atoms with van der Waals surface area (Å²) in [6, 6.07) is 0.950. The molecule has 1 N–H and O–H groups in total. The Bertz CT molecular complexity index is 664. The van der Waals surface area contributed by atoms with E-state index in [1.165, 1.54) is 0 Å². The van der Waals surface area contributed by atoms with E-state index in [2.05, 4.69) is 0 Å². The fourth-order valence-electron chi connectivity index (χ4n) is 1.62. The molecule has 0 radical (unpaired) electrons. The normalized spacial score (nSPS) is 11.1.